The van der Waals surface area contributed by atoms with Crippen molar-refractivity contribution in [2.75, 3.05) is 6.54 Å². The lowest BCUT2D eigenvalue weighted by Crippen LogP contribution is -2.19. The van der Waals surface area contributed by atoms with E-state index < -0.39 is 0 Å². The molecule has 0 aromatic heterocycles. The highest BCUT2D eigenvalue weighted by molar-refractivity contribution is 5.63. The number of hydrogen-bond acceptors (Lipinski definition) is 1. The molecular formula is C19H21N. The van der Waals surface area contributed by atoms with Crippen LogP contribution in [0.25, 0.3) is 11.1 Å². The molecule has 0 radical (unpaired) electrons. The highest BCUT2D eigenvalue weighted by Crippen LogP contribution is 2.21. The molecule has 1 heteroatoms. The van der Waals surface area contributed by atoms with E-state index in [-0.39, 0.29) is 0 Å². The molecule has 0 aliphatic heterocycles. The van der Waals surface area contributed by atoms with Gasteiger partial charge in [0.25, 0.3) is 0 Å². The van der Waals surface area contributed by atoms with Crippen molar-refractivity contribution < 1.29 is 0 Å². The fraction of sp³-hybridized carbons (Fsp3) is 0.263. The summed E-state index contributed by atoms with van der Waals surface area (Å²) in [4.78, 5) is 0. The van der Waals surface area contributed by atoms with Gasteiger partial charge < -0.3 is 5.32 Å². The Morgan fingerprint density at radius 1 is 0.950 bits per heavy atom. The molecule has 0 spiro atoms. The van der Waals surface area contributed by atoms with Crippen LogP contribution in [0.4, 0.5) is 0 Å². The summed E-state index contributed by atoms with van der Waals surface area (Å²) in [5, 5.41) is 3.49. The molecule has 20 heavy (non-hydrogen) atoms. The van der Waals surface area contributed by atoms with Crippen LogP contribution in [0, 0.1) is 11.8 Å². The molecule has 2 aromatic rings. The van der Waals surface area contributed by atoms with Gasteiger partial charge in [-0.25, -0.2) is 0 Å². The minimum Gasteiger partial charge on any atom is -0.309 e. The van der Waals surface area contributed by atoms with E-state index in [4.69, 9.17) is 0 Å². The van der Waals surface area contributed by atoms with Gasteiger partial charge in [0.1, 0.15) is 0 Å². The predicted molar refractivity (Wildman–Crippen MR) is 86.4 cm³/mol. The maximum Gasteiger partial charge on any atom is 0.0292 e. The molecule has 1 nitrogen and oxygen atoms in total. The molecule has 2 aromatic carbocycles. The van der Waals surface area contributed by atoms with Gasteiger partial charge in [-0.15, -0.1) is 11.8 Å². The summed E-state index contributed by atoms with van der Waals surface area (Å²) >= 11 is 0. The van der Waals surface area contributed by atoms with Crippen LogP contribution in [-0.4, -0.2) is 6.54 Å². The standard InChI is InChI=1S/C19H21N/c1-3-4-8-15-20-16(2)17-11-13-19(14-12-17)18-9-6-5-7-10-18/h5-7,9-14,16,20H,8,15H2,1-2H3. The van der Waals surface area contributed by atoms with Gasteiger partial charge in [-0.3, -0.25) is 0 Å². The largest absolute Gasteiger partial charge is 0.309 e. The monoisotopic (exact) mass is 263 g/mol. The maximum absolute atomic E-state index is 3.49. The smallest absolute Gasteiger partial charge is 0.0292 e. The number of hydrogen-bond donors (Lipinski definition) is 1. The second kappa shape index (κ2) is 7.53. The Bertz CT molecular complexity index is 573. The molecular weight excluding hydrogens is 242 g/mol. The Morgan fingerprint density at radius 3 is 2.25 bits per heavy atom. The highest BCUT2D eigenvalue weighted by atomic mass is 14.9. The molecule has 1 N–H and O–H groups in total. The molecule has 0 saturated heterocycles. The Labute approximate surface area is 122 Å². The third kappa shape index (κ3) is 3.98. The van der Waals surface area contributed by atoms with Gasteiger partial charge in [-0.2, -0.15) is 0 Å². The average molecular weight is 263 g/mol. The Morgan fingerprint density at radius 2 is 1.60 bits per heavy atom. The van der Waals surface area contributed by atoms with Gasteiger partial charge in [0.05, 0.1) is 0 Å². The fourth-order valence-corrected chi connectivity index (χ4v) is 2.19. The van der Waals surface area contributed by atoms with E-state index in [9.17, 15) is 0 Å². The first-order valence-corrected chi connectivity index (χ1v) is 7.09. The van der Waals surface area contributed by atoms with Gasteiger partial charge >= 0.3 is 0 Å². The number of benzene rings is 2. The number of nitrogens with one attached hydrogen (secondary N) is 1. The minimum atomic E-state index is 0.360. The second-order valence-electron chi connectivity index (χ2n) is 4.84. The quantitative estimate of drug-likeness (QED) is 0.622. The van der Waals surface area contributed by atoms with Crippen LogP contribution in [0.5, 0.6) is 0 Å². The zero-order valence-electron chi connectivity index (χ0n) is 12.2. The molecule has 102 valence electrons. The third-order valence-electron chi connectivity index (χ3n) is 3.40. The zero-order valence-corrected chi connectivity index (χ0v) is 12.2. The van der Waals surface area contributed by atoms with Crippen LogP contribution in [0.3, 0.4) is 0 Å². The average Bonchev–Trinajstić information content (AvgIpc) is 2.52. The molecule has 0 fully saturated rings. The van der Waals surface area contributed by atoms with E-state index in [1.807, 2.05) is 13.0 Å². The van der Waals surface area contributed by atoms with Crippen molar-refractivity contribution in [1.82, 2.24) is 5.32 Å². The van der Waals surface area contributed by atoms with Crippen molar-refractivity contribution in [2.45, 2.75) is 26.3 Å². The SMILES string of the molecule is CC#CCCNC(C)c1ccc(-c2ccccc2)cc1. The van der Waals surface area contributed by atoms with Crippen molar-refractivity contribution in [3.8, 4) is 23.0 Å². The van der Waals surface area contributed by atoms with Crippen molar-refractivity contribution in [1.29, 1.82) is 0 Å². The van der Waals surface area contributed by atoms with Gasteiger partial charge in [-0.05, 0) is 30.5 Å². The Balaban J connectivity index is 1.98. The van der Waals surface area contributed by atoms with Crippen LogP contribution in [0.1, 0.15) is 31.9 Å². The first-order chi connectivity index (χ1) is 9.81. The number of rotatable bonds is 5. The molecule has 2 rings (SSSR count). The predicted octanol–water partition coefficient (Wildman–Crippen LogP) is 4.42. The summed E-state index contributed by atoms with van der Waals surface area (Å²) < 4.78 is 0. The van der Waals surface area contributed by atoms with E-state index in [1.165, 1.54) is 16.7 Å². The lowest BCUT2D eigenvalue weighted by Gasteiger charge is -2.14. The van der Waals surface area contributed by atoms with E-state index in [1.54, 1.807) is 0 Å². The highest BCUT2D eigenvalue weighted by Gasteiger charge is 2.04. The van der Waals surface area contributed by atoms with Crippen LogP contribution in [-0.2, 0) is 0 Å². The summed E-state index contributed by atoms with van der Waals surface area (Å²) in [6, 6.07) is 19.6. The van der Waals surface area contributed by atoms with E-state index in [0.717, 1.165) is 13.0 Å². The van der Waals surface area contributed by atoms with Gasteiger partial charge in [0, 0.05) is 19.0 Å². The van der Waals surface area contributed by atoms with E-state index >= 15 is 0 Å². The van der Waals surface area contributed by atoms with Gasteiger partial charge in [0.2, 0.25) is 0 Å². The maximum atomic E-state index is 3.49. The summed E-state index contributed by atoms with van der Waals surface area (Å²) in [5.41, 5.74) is 3.84. The first-order valence-electron chi connectivity index (χ1n) is 7.09. The van der Waals surface area contributed by atoms with Crippen molar-refractivity contribution in [3.63, 3.8) is 0 Å². The summed E-state index contributed by atoms with van der Waals surface area (Å²) in [7, 11) is 0. The molecule has 0 amide bonds. The fourth-order valence-electron chi connectivity index (χ4n) is 2.19. The molecule has 1 atom stereocenters. The van der Waals surface area contributed by atoms with Crippen LogP contribution < -0.4 is 5.32 Å². The van der Waals surface area contributed by atoms with Crippen LogP contribution in [0.2, 0.25) is 0 Å². The lowest BCUT2D eigenvalue weighted by atomic mass is 10.0. The molecule has 0 heterocycles. The van der Waals surface area contributed by atoms with Crippen LogP contribution >= 0.6 is 0 Å². The topological polar surface area (TPSA) is 12.0 Å². The van der Waals surface area contributed by atoms with Gasteiger partial charge in [0.15, 0.2) is 0 Å². The van der Waals surface area contributed by atoms with E-state index in [2.05, 4.69) is 72.6 Å². The minimum absolute atomic E-state index is 0.360. The Kier molecular flexibility index (Phi) is 5.41. The van der Waals surface area contributed by atoms with Crippen LogP contribution in [0.15, 0.2) is 54.6 Å². The molecule has 0 aliphatic rings. The zero-order chi connectivity index (χ0) is 14.2. The first kappa shape index (κ1) is 14.4. The summed E-state index contributed by atoms with van der Waals surface area (Å²) in [6.07, 6.45) is 0.906. The lowest BCUT2D eigenvalue weighted by molar-refractivity contribution is 0.584. The van der Waals surface area contributed by atoms with Gasteiger partial charge in [-0.1, -0.05) is 54.6 Å². The molecule has 1 unspecified atom stereocenters. The Hall–Kier alpha value is -2.04. The normalized spacial score (nSPS) is 11.5. The molecule has 0 saturated carbocycles. The van der Waals surface area contributed by atoms with Crippen molar-refractivity contribution in [2.24, 2.45) is 0 Å². The van der Waals surface area contributed by atoms with E-state index in [0.29, 0.717) is 6.04 Å². The summed E-state index contributed by atoms with van der Waals surface area (Å²) in [5.74, 6) is 5.99. The summed E-state index contributed by atoms with van der Waals surface area (Å²) in [6.45, 7) is 5.01. The van der Waals surface area contributed by atoms with Crippen molar-refractivity contribution in [3.05, 3.63) is 60.2 Å². The second-order valence-corrected chi connectivity index (χ2v) is 4.84. The third-order valence-corrected chi connectivity index (χ3v) is 3.40. The van der Waals surface area contributed by atoms with Crippen molar-refractivity contribution >= 4 is 0 Å². The molecule has 0 bridgehead atoms. The molecule has 0 aliphatic carbocycles.